The van der Waals surface area contributed by atoms with Crippen molar-refractivity contribution in [3.63, 3.8) is 0 Å². The van der Waals surface area contributed by atoms with E-state index in [0.717, 1.165) is 0 Å². The normalized spacial score (nSPS) is 31.2. The molecule has 3 heterocycles. The SMILES string of the molecule is OCc1ccc(CN[C@H]2[C@H](O)[C@@H](Oc3ccccc3)[C@@H]3OC[C@H]2O3)o1. The molecule has 134 valence electrons. The lowest BCUT2D eigenvalue weighted by atomic mass is 9.97. The van der Waals surface area contributed by atoms with Crippen LogP contribution in [0.2, 0.25) is 0 Å². The molecule has 0 saturated carbocycles. The number of aliphatic hydroxyl groups is 2. The summed E-state index contributed by atoms with van der Waals surface area (Å²) in [5, 5.41) is 23.1. The van der Waals surface area contributed by atoms with Crippen molar-refractivity contribution in [3.05, 3.63) is 54.0 Å². The van der Waals surface area contributed by atoms with Gasteiger partial charge < -0.3 is 34.2 Å². The smallest absolute Gasteiger partial charge is 0.197 e. The van der Waals surface area contributed by atoms with Crippen LogP contribution in [0.4, 0.5) is 0 Å². The van der Waals surface area contributed by atoms with Crippen molar-refractivity contribution in [2.75, 3.05) is 6.61 Å². The van der Waals surface area contributed by atoms with Crippen LogP contribution in [0, 0.1) is 0 Å². The van der Waals surface area contributed by atoms with Crippen LogP contribution in [0.3, 0.4) is 0 Å². The summed E-state index contributed by atoms with van der Waals surface area (Å²) >= 11 is 0. The summed E-state index contributed by atoms with van der Waals surface area (Å²) in [6, 6.07) is 12.5. The summed E-state index contributed by atoms with van der Waals surface area (Å²) < 4.78 is 22.8. The van der Waals surface area contributed by atoms with Gasteiger partial charge in [0.15, 0.2) is 12.4 Å². The fraction of sp³-hybridized carbons (Fsp3) is 0.444. The lowest BCUT2D eigenvalue weighted by Gasteiger charge is -2.38. The van der Waals surface area contributed by atoms with E-state index in [4.69, 9.17) is 23.7 Å². The number of benzene rings is 1. The Morgan fingerprint density at radius 1 is 1.12 bits per heavy atom. The summed E-state index contributed by atoms with van der Waals surface area (Å²) in [5.74, 6) is 1.84. The third kappa shape index (κ3) is 3.42. The molecule has 2 aromatic rings. The Morgan fingerprint density at radius 2 is 1.92 bits per heavy atom. The summed E-state index contributed by atoms with van der Waals surface area (Å²) in [6.45, 7) is 0.665. The molecule has 5 atom stereocenters. The van der Waals surface area contributed by atoms with Gasteiger partial charge in [0.25, 0.3) is 0 Å². The molecule has 1 aromatic carbocycles. The third-order valence-electron chi connectivity index (χ3n) is 4.51. The number of fused-ring (bicyclic) bond motifs is 2. The molecule has 4 rings (SSSR count). The Kier molecular flexibility index (Phi) is 4.74. The van der Waals surface area contributed by atoms with Gasteiger partial charge in [-0.05, 0) is 24.3 Å². The van der Waals surface area contributed by atoms with E-state index in [9.17, 15) is 5.11 Å². The number of hydrogen-bond donors (Lipinski definition) is 3. The minimum Gasteiger partial charge on any atom is -0.482 e. The van der Waals surface area contributed by atoms with Gasteiger partial charge in [-0.2, -0.15) is 0 Å². The predicted octanol–water partition coefficient (Wildman–Crippen LogP) is 0.794. The molecule has 7 nitrogen and oxygen atoms in total. The van der Waals surface area contributed by atoms with Gasteiger partial charge in [0.1, 0.15) is 36.1 Å². The van der Waals surface area contributed by atoms with Gasteiger partial charge in [0.05, 0.1) is 19.2 Å². The maximum Gasteiger partial charge on any atom is 0.197 e. The van der Waals surface area contributed by atoms with E-state index in [-0.39, 0.29) is 18.8 Å². The first-order valence-electron chi connectivity index (χ1n) is 8.33. The minimum absolute atomic E-state index is 0.139. The zero-order chi connectivity index (χ0) is 17.2. The molecule has 3 N–H and O–H groups in total. The van der Waals surface area contributed by atoms with Gasteiger partial charge in [0.2, 0.25) is 0 Å². The standard InChI is InChI=1S/C18H21NO6/c20-9-13-7-6-12(23-13)8-19-15-14-10-22-18(25-14)17(16(15)21)24-11-4-2-1-3-5-11/h1-7,14-21H,8-10H2/t14-,15-,16+,17-,18-/m1/s1. The molecule has 0 aliphatic carbocycles. The molecule has 2 saturated heterocycles. The quantitative estimate of drug-likeness (QED) is 0.711. The number of aliphatic hydroxyl groups excluding tert-OH is 2. The minimum atomic E-state index is -0.793. The van der Waals surface area contributed by atoms with Crippen LogP contribution >= 0.6 is 0 Å². The first-order chi connectivity index (χ1) is 12.2. The number of para-hydroxylation sites is 1. The molecular formula is C18H21NO6. The molecule has 0 spiro atoms. The molecule has 7 heteroatoms. The fourth-order valence-corrected chi connectivity index (χ4v) is 3.24. The zero-order valence-electron chi connectivity index (χ0n) is 13.6. The van der Waals surface area contributed by atoms with Crippen LogP contribution in [0.5, 0.6) is 5.75 Å². The number of furan rings is 1. The first-order valence-corrected chi connectivity index (χ1v) is 8.33. The Labute approximate surface area is 145 Å². The second kappa shape index (κ2) is 7.15. The zero-order valence-corrected chi connectivity index (χ0v) is 13.6. The number of rotatable bonds is 6. The highest BCUT2D eigenvalue weighted by Gasteiger charge is 2.51. The first kappa shape index (κ1) is 16.6. The maximum absolute atomic E-state index is 10.8. The van der Waals surface area contributed by atoms with Crippen LogP contribution in [0.25, 0.3) is 0 Å². The van der Waals surface area contributed by atoms with Crippen LogP contribution in [-0.4, -0.2) is 47.5 Å². The predicted molar refractivity (Wildman–Crippen MR) is 86.7 cm³/mol. The van der Waals surface area contributed by atoms with E-state index >= 15 is 0 Å². The Morgan fingerprint density at radius 3 is 2.68 bits per heavy atom. The van der Waals surface area contributed by atoms with Crippen molar-refractivity contribution in [1.29, 1.82) is 0 Å². The van der Waals surface area contributed by atoms with Crippen molar-refractivity contribution in [2.24, 2.45) is 0 Å². The van der Waals surface area contributed by atoms with E-state index < -0.39 is 18.5 Å². The van der Waals surface area contributed by atoms with E-state index in [1.165, 1.54) is 0 Å². The Bertz CT molecular complexity index is 690. The van der Waals surface area contributed by atoms with Gasteiger partial charge in [-0.3, -0.25) is 0 Å². The highest BCUT2D eigenvalue weighted by molar-refractivity contribution is 5.22. The monoisotopic (exact) mass is 347 g/mol. The Balaban J connectivity index is 1.44. The summed E-state index contributed by atoms with van der Waals surface area (Å²) in [5.41, 5.74) is 0. The number of ether oxygens (including phenoxy) is 3. The largest absolute Gasteiger partial charge is 0.482 e. The highest BCUT2D eigenvalue weighted by Crippen LogP contribution is 2.31. The van der Waals surface area contributed by atoms with E-state index in [1.807, 2.05) is 30.3 Å². The molecule has 2 bridgehead atoms. The Hall–Kier alpha value is -1.90. The molecule has 0 radical (unpaired) electrons. The van der Waals surface area contributed by atoms with Gasteiger partial charge in [-0.25, -0.2) is 0 Å². The van der Waals surface area contributed by atoms with Crippen LogP contribution in [0.1, 0.15) is 11.5 Å². The van der Waals surface area contributed by atoms with Crippen molar-refractivity contribution >= 4 is 0 Å². The third-order valence-corrected chi connectivity index (χ3v) is 4.51. The molecule has 25 heavy (non-hydrogen) atoms. The summed E-state index contributed by atoms with van der Waals surface area (Å²) in [7, 11) is 0. The van der Waals surface area contributed by atoms with Gasteiger partial charge in [-0.1, -0.05) is 18.2 Å². The lowest BCUT2D eigenvalue weighted by Crippen LogP contribution is -2.61. The molecule has 1 aromatic heterocycles. The molecule has 0 unspecified atom stereocenters. The van der Waals surface area contributed by atoms with E-state index in [1.54, 1.807) is 12.1 Å². The molecule has 0 amide bonds. The van der Waals surface area contributed by atoms with E-state index in [0.29, 0.717) is 30.4 Å². The van der Waals surface area contributed by atoms with Crippen LogP contribution in [-0.2, 0) is 22.6 Å². The molecule has 2 aliphatic rings. The maximum atomic E-state index is 10.8. The molecule has 2 aliphatic heterocycles. The second-order valence-electron chi connectivity index (χ2n) is 6.20. The fourth-order valence-electron chi connectivity index (χ4n) is 3.24. The molecule has 2 fully saturated rings. The average molecular weight is 347 g/mol. The average Bonchev–Trinajstić information content (AvgIpc) is 3.28. The highest BCUT2D eigenvalue weighted by atomic mass is 16.7. The van der Waals surface area contributed by atoms with Gasteiger partial charge >= 0.3 is 0 Å². The van der Waals surface area contributed by atoms with Crippen molar-refractivity contribution < 1.29 is 28.8 Å². The number of hydrogen-bond acceptors (Lipinski definition) is 7. The summed E-state index contributed by atoms with van der Waals surface area (Å²) in [4.78, 5) is 0. The number of nitrogens with one attached hydrogen (secondary N) is 1. The van der Waals surface area contributed by atoms with E-state index in [2.05, 4.69) is 5.32 Å². The topological polar surface area (TPSA) is 93.3 Å². The van der Waals surface area contributed by atoms with Gasteiger partial charge in [-0.15, -0.1) is 0 Å². The lowest BCUT2D eigenvalue weighted by molar-refractivity contribution is -0.194. The van der Waals surface area contributed by atoms with Crippen molar-refractivity contribution in [1.82, 2.24) is 5.32 Å². The van der Waals surface area contributed by atoms with Crippen LogP contribution in [0.15, 0.2) is 46.9 Å². The molecular weight excluding hydrogens is 326 g/mol. The summed E-state index contributed by atoms with van der Waals surface area (Å²) in [6.07, 6.45) is -2.24. The van der Waals surface area contributed by atoms with Crippen LogP contribution < -0.4 is 10.1 Å². The van der Waals surface area contributed by atoms with Gasteiger partial charge in [0, 0.05) is 0 Å². The second-order valence-corrected chi connectivity index (χ2v) is 6.20. The van der Waals surface area contributed by atoms with Crippen molar-refractivity contribution in [3.8, 4) is 5.75 Å². The van der Waals surface area contributed by atoms with Crippen molar-refractivity contribution in [2.45, 2.75) is 43.8 Å².